The van der Waals surface area contributed by atoms with E-state index in [-0.39, 0.29) is 61.6 Å². The molecule has 0 unspecified atom stereocenters. The first-order chi connectivity index (χ1) is 24.8. The third-order valence-electron chi connectivity index (χ3n) is 9.31. The van der Waals surface area contributed by atoms with E-state index in [1.807, 2.05) is 26.0 Å². The molecule has 0 aliphatic carbocycles. The number of nitrogens with zero attached hydrogens (tertiary/aromatic N) is 4. The fourth-order valence-corrected chi connectivity index (χ4v) is 6.91. The predicted molar refractivity (Wildman–Crippen MR) is 201 cm³/mol. The Kier molecular flexibility index (Phi) is 9.29. The number of benzene rings is 6. The summed E-state index contributed by atoms with van der Waals surface area (Å²) in [5.41, 5.74) is 2.33. The molecule has 11 heteroatoms. The first kappa shape index (κ1) is 35.3. The zero-order valence-electron chi connectivity index (χ0n) is 29.5. The van der Waals surface area contributed by atoms with Crippen molar-refractivity contribution in [2.45, 2.75) is 53.4 Å². The monoisotopic (exact) mass is 698 g/mol. The molecule has 11 nitrogen and oxygen atoms in total. The lowest BCUT2D eigenvalue weighted by Crippen LogP contribution is -2.01. The molecule has 0 saturated carbocycles. The van der Waals surface area contributed by atoms with Gasteiger partial charge in [-0.3, -0.25) is 4.79 Å². The average Bonchev–Trinajstić information content (AvgIpc) is 3.12. The Morgan fingerprint density at radius 2 is 1.00 bits per heavy atom. The lowest BCUT2D eigenvalue weighted by atomic mass is 9.82. The zero-order valence-corrected chi connectivity index (χ0v) is 29.5. The minimum Gasteiger partial charge on any atom is -0.507 e. The van der Waals surface area contributed by atoms with Crippen molar-refractivity contribution in [1.82, 2.24) is 0 Å². The summed E-state index contributed by atoms with van der Waals surface area (Å²) in [6.07, 6.45) is 0.334. The topological polar surface area (TPSA) is 188 Å². The van der Waals surface area contributed by atoms with Crippen LogP contribution in [-0.2, 0) is 0 Å². The van der Waals surface area contributed by atoms with Crippen molar-refractivity contribution < 1.29 is 35.4 Å². The number of rotatable bonds is 8. The molecular weight excluding hydrogens is 660 g/mol. The highest BCUT2D eigenvalue weighted by molar-refractivity contribution is 6.17. The smallest absolute Gasteiger partial charge is 0.169 e. The van der Waals surface area contributed by atoms with E-state index in [1.165, 1.54) is 6.07 Å². The Balaban J connectivity index is 1.85. The number of carbonyl (C=O) groups is 1. The van der Waals surface area contributed by atoms with Crippen LogP contribution in [0.3, 0.4) is 0 Å². The van der Waals surface area contributed by atoms with Gasteiger partial charge in [-0.05, 0) is 67.1 Å². The van der Waals surface area contributed by atoms with Crippen LogP contribution in [0, 0.1) is 13.8 Å². The minimum absolute atomic E-state index is 0.0316. The maximum absolute atomic E-state index is 12.6. The lowest BCUT2D eigenvalue weighted by Gasteiger charge is -2.24. The Morgan fingerprint density at radius 1 is 0.538 bits per heavy atom. The van der Waals surface area contributed by atoms with Crippen LogP contribution in [0.1, 0.15) is 72.1 Å². The number of hydrogen-bond acceptors (Lipinski definition) is 11. The Labute approximate surface area is 299 Å². The molecule has 6 aromatic rings. The van der Waals surface area contributed by atoms with Gasteiger partial charge in [-0.1, -0.05) is 64.1 Å². The SMILES string of the molecule is Cc1c(-c2c(C)c(/N=N/c3ccccc3)c3c(C(C)C)c(O)c(O)c(C=O)c3c2O)c(O)c2cc(O)c(O)c(C(C)C)c2c1/N=N/c1ccccc1. The Bertz CT molecular complexity index is 2460. The van der Waals surface area contributed by atoms with Gasteiger partial charge in [0.25, 0.3) is 0 Å². The van der Waals surface area contributed by atoms with Crippen LogP contribution in [0.4, 0.5) is 22.7 Å². The van der Waals surface area contributed by atoms with Crippen molar-refractivity contribution in [1.29, 1.82) is 0 Å². The second-order valence-corrected chi connectivity index (χ2v) is 13.2. The normalized spacial score (nSPS) is 12.0. The van der Waals surface area contributed by atoms with Crippen molar-refractivity contribution in [3.8, 4) is 45.6 Å². The van der Waals surface area contributed by atoms with Crippen molar-refractivity contribution in [3.05, 3.63) is 94.5 Å². The molecule has 0 atom stereocenters. The molecule has 0 fully saturated rings. The molecule has 0 heterocycles. The van der Waals surface area contributed by atoms with Gasteiger partial charge in [-0.25, -0.2) is 0 Å². The van der Waals surface area contributed by atoms with Crippen LogP contribution >= 0.6 is 0 Å². The number of phenols is 6. The van der Waals surface area contributed by atoms with E-state index in [1.54, 1.807) is 76.2 Å². The first-order valence-electron chi connectivity index (χ1n) is 16.7. The second-order valence-electron chi connectivity index (χ2n) is 13.2. The highest BCUT2D eigenvalue weighted by Crippen LogP contribution is 2.58. The molecule has 0 aliphatic rings. The van der Waals surface area contributed by atoms with Crippen molar-refractivity contribution in [2.24, 2.45) is 20.5 Å². The summed E-state index contributed by atoms with van der Waals surface area (Å²) in [4.78, 5) is 12.6. The van der Waals surface area contributed by atoms with Gasteiger partial charge in [0, 0.05) is 43.8 Å². The van der Waals surface area contributed by atoms with E-state index in [9.17, 15) is 35.4 Å². The molecule has 264 valence electrons. The standard InChI is InChI=1S/C41H38N4O7/c1-19(2)28-32-25(17-27(47)39(28)50)37(48)30(21(5)35(32)44-42-23-13-9-7-10-14-23)31-22(6)36(45-43-24-15-11-8-12-16-24)34-29(20(3)4)41(52)38(49)26(18-46)33(34)40(31)51/h7-20,47-52H,1-6H3/b44-42+,45-43+. The van der Waals surface area contributed by atoms with Gasteiger partial charge in [0.2, 0.25) is 0 Å². The molecule has 0 amide bonds. The van der Waals surface area contributed by atoms with E-state index >= 15 is 0 Å². The van der Waals surface area contributed by atoms with E-state index in [2.05, 4.69) is 20.5 Å². The number of fused-ring (bicyclic) bond motifs is 2. The van der Waals surface area contributed by atoms with Crippen molar-refractivity contribution >= 4 is 50.6 Å². The van der Waals surface area contributed by atoms with Gasteiger partial charge in [0.15, 0.2) is 29.3 Å². The zero-order chi connectivity index (χ0) is 37.6. The minimum atomic E-state index is -0.721. The van der Waals surface area contributed by atoms with Crippen LogP contribution in [0.25, 0.3) is 32.7 Å². The van der Waals surface area contributed by atoms with E-state index in [0.717, 1.165) is 0 Å². The van der Waals surface area contributed by atoms with E-state index in [4.69, 9.17) is 0 Å². The van der Waals surface area contributed by atoms with Gasteiger partial charge >= 0.3 is 0 Å². The number of azo groups is 2. The van der Waals surface area contributed by atoms with Crippen LogP contribution in [0.15, 0.2) is 87.2 Å². The maximum Gasteiger partial charge on any atom is 0.169 e. The molecule has 0 aromatic heterocycles. The van der Waals surface area contributed by atoms with Gasteiger partial charge in [-0.15, -0.1) is 10.2 Å². The second kappa shape index (κ2) is 13.7. The highest BCUT2D eigenvalue weighted by atomic mass is 16.3. The summed E-state index contributed by atoms with van der Waals surface area (Å²) >= 11 is 0. The van der Waals surface area contributed by atoms with Gasteiger partial charge in [-0.2, -0.15) is 10.2 Å². The first-order valence-corrected chi connectivity index (χ1v) is 16.7. The number of phenolic OH excluding ortho intramolecular Hbond substituents is 6. The largest absolute Gasteiger partial charge is 0.507 e. The average molecular weight is 699 g/mol. The number of aldehydes is 1. The van der Waals surface area contributed by atoms with Crippen molar-refractivity contribution in [2.75, 3.05) is 0 Å². The van der Waals surface area contributed by atoms with Gasteiger partial charge < -0.3 is 30.6 Å². The molecule has 52 heavy (non-hydrogen) atoms. The van der Waals surface area contributed by atoms with Gasteiger partial charge in [0.1, 0.15) is 11.5 Å². The molecule has 6 N–H and O–H groups in total. The molecule has 0 spiro atoms. The van der Waals surface area contributed by atoms with Crippen LogP contribution in [0.5, 0.6) is 34.5 Å². The molecule has 6 rings (SSSR count). The summed E-state index contributed by atoms with van der Waals surface area (Å²) in [7, 11) is 0. The van der Waals surface area contributed by atoms with Crippen LogP contribution in [-0.4, -0.2) is 36.9 Å². The number of carbonyl (C=O) groups excluding carboxylic acids is 1. The van der Waals surface area contributed by atoms with Crippen molar-refractivity contribution in [3.63, 3.8) is 0 Å². The van der Waals surface area contributed by atoms with Crippen LogP contribution in [0.2, 0.25) is 0 Å². The molecule has 6 aromatic carbocycles. The summed E-state index contributed by atoms with van der Waals surface area (Å²) in [6.45, 7) is 10.5. The fourth-order valence-electron chi connectivity index (χ4n) is 6.91. The fraction of sp³-hybridized carbons (Fsp3) is 0.195. The number of aromatic hydroxyl groups is 6. The lowest BCUT2D eigenvalue weighted by molar-refractivity contribution is 0.112. The van der Waals surface area contributed by atoms with E-state index in [0.29, 0.717) is 39.7 Å². The third-order valence-corrected chi connectivity index (χ3v) is 9.31. The summed E-state index contributed by atoms with van der Waals surface area (Å²) in [5, 5.41) is 87.5. The summed E-state index contributed by atoms with van der Waals surface area (Å²) in [5.74, 6) is -3.72. The number of hydrogen-bond donors (Lipinski definition) is 6. The third kappa shape index (κ3) is 5.69. The quantitative estimate of drug-likeness (QED) is 0.0518. The Hall–Kier alpha value is -6.49. The highest BCUT2D eigenvalue weighted by Gasteiger charge is 2.32. The Morgan fingerprint density at radius 3 is 1.48 bits per heavy atom. The molecule has 0 radical (unpaired) electrons. The molecule has 0 aliphatic heterocycles. The van der Waals surface area contributed by atoms with Gasteiger partial charge in [0.05, 0.1) is 28.3 Å². The molecular formula is C41H38N4O7. The summed E-state index contributed by atoms with van der Waals surface area (Å²) < 4.78 is 0. The molecule has 0 bridgehead atoms. The predicted octanol–water partition coefficient (Wildman–Crippen LogP) is 11.4. The maximum atomic E-state index is 12.6. The van der Waals surface area contributed by atoms with E-state index < -0.39 is 34.5 Å². The van der Waals surface area contributed by atoms with Crippen LogP contribution < -0.4 is 0 Å². The summed E-state index contributed by atoms with van der Waals surface area (Å²) in [6, 6.07) is 19.1. The molecule has 0 saturated heterocycles.